The molecule has 1 fully saturated rings. The predicted molar refractivity (Wildman–Crippen MR) is 95.3 cm³/mol. The van der Waals surface area contributed by atoms with Crippen LogP contribution in [0.3, 0.4) is 0 Å². The monoisotopic (exact) mass is 375 g/mol. The molecule has 1 atom stereocenters. The number of nitrogens with zero attached hydrogens (tertiary/aromatic N) is 3. The van der Waals surface area contributed by atoms with Crippen LogP contribution >= 0.6 is 22.9 Å². The maximum atomic E-state index is 12.4. The molecule has 6 nitrogen and oxygen atoms in total. The lowest BCUT2D eigenvalue weighted by Gasteiger charge is -2.17. The van der Waals surface area contributed by atoms with Gasteiger partial charge in [0.1, 0.15) is 5.75 Å². The van der Waals surface area contributed by atoms with Gasteiger partial charge in [-0.2, -0.15) is 4.98 Å². The van der Waals surface area contributed by atoms with Crippen molar-refractivity contribution in [2.45, 2.75) is 12.3 Å². The highest BCUT2D eigenvalue weighted by Gasteiger charge is 2.35. The van der Waals surface area contributed by atoms with Crippen LogP contribution in [0.25, 0.3) is 10.7 Å². The second-order valence-corrected chi connectivity index (χ2v) is 7.01. The molecule has 0 aliphatic carbocycles. The lowest BCUT2D eigenvalue weighted by atomic mass is 10.1. The summed E-state index contributed by atoms with van der Waals surface area (Å²) in [5.74, 6) is 1.49. The van der Waals surface area contributed by atoms with Gasteiger partial charge in [0.25, 0.3) is 0 Å². The van der Waals surface area contributed by atoms with E-state index in [-0.39, 0.29) is 11.8 Å². The highest BCUT2D eigenvalue weighted by Crippen LogP contribution is 2.35. The van der Waals surface area contributed by atoms with Crippen molar-refractivity contribution in [3.05, 3.63) is 46.6 Å². The standard InChI is InChI=1S/C17H14ClN3O3S/c1-23-13-5-4-11(8-12(13)18)21-9-10(7-15(21)22)17-19-16(20-24-17)14-3-2-6-25-14/h2-6,8,10H,7,9H2,1H3/t10-/m0/s1. The zero-order valence-corrected chi connectivity index (χ0v) is 14.9. The largest absolute Gasteiger partial charge is 0.495 e. The van der Waals surface area contributed by atoms with E-state index < -0.39 is 0 Å². The van der Waals surface area contributed by atoms with Crippen LogP contribution in [0.5, 0.6) is 5.75 Å². The Morgan fingerprint density at radius 2 is 2.28 bits per heavy atom. The van der Waals surface area contributed by atoms with Gasteiger partial charge in [0.05, 0.1) is 22.9 Å². The van der Waals surface area contributed by atoms with Crippen LogP contribution in [0.15, 0.2) is 40.2 Å². The van der Waals surface area contributed by atoms with Crippen LogP contribution in [-0.4, -0.2) is 29.7 Å². The Labute approximate surface area is 153 Å². The normalized spacial score (nSPS) is 17.3. The number of carbonyl (C=O) groups is 1. The molecule has 0 bridgehead atoms. The summed E-state index contributed by atoms with van der Waals surface area (Å²) >= 11 is 7.71. The van der Waals surface area contributed by atoms with Gasteiger partial charge in [-0.15, -0.1) is 11.3 Å². The number of hydrogen-bond acceptors (Lipinski definition) is 6. The molecule has 1 amide bonds. The van der Waals surface area contributed by atoms with E-state index >= 15 is 0 Å². The number of hydrogen-bond donors (Lipinski definition) is 0. The first-order valence-electron chi connectivity index (χ1n) is 7.67. The molecule has 128 valence electrons. The SMILES string of the molecule is COc1ccc(N2C[C@@H](c3nc(-c4cccs4)no3)CC2=O)cc1Cl. The second kappa shape index (κ2) is 6.50. The maximum Gasteiger partial charge on any atom is 0.232 e. The molecule has 8 heteroatoms. The Morgan fingerprint density at radius 3 is 3.00 bits per heavy atom. The van der Waals surface area contributed by atoms with E-state index in [0.29, 0.717) is 35.5 Å². The Hall–Kier alpha value is -2.38. The molecule has 1 aliphatic rings. The van der Waals surface area contributed by atoms with Gasteiger partial charge < -0.3 is 14.2 Å². The fourth-order valence-corrected chi connectivity index (χ4v) is 3.75. The lowest BCUT2D eigenvalue weighted by Crippen LogP contribution is -2.24. The van der Waals surface area contributed by atoms with Crippen molar-refractivity contribution in [1.29, 1.82) is 0 Å². The minimum absolute atomic E-state index is 0.00195. The molecule has 0 saturated carbocycles. The number of halogens is 1. The van der Waals surface area contributed by atoms with Gasteiger partial charge in [0, 0.05) is 18.7 Å². The third-order valence-corrected chi connectivity index (χ3v) is 5.27. The molecule has 25 heavy (non-hydrogen) atoms. The molecule has 1 saturated heterocycles. The molecule has 0 N–H and O–H groups in total. The zero-order chi connectivity index (χ0) is 17.4. The summed E-state index contributed by atoms with van der Waals surface area (Å²) in [6.07, 6.45) is 0.329. The number of rotatable bonds is 4. The van der Waals surface area contributed by atoms with E-state index in [1.807, 2.05) is 23.6 Å². The topological polar surface area (TPSA) is 68.5 Å². The summed E-state index contributed by atoms with van der Waals surface area (Å²) in [6, 6.07) is 9.16. The smallest absolute Gasteiger partial charge is 0.232 e. The van der Waals surface area contributed by atoms with Crippen molar-refractivity contribution >= 4 is 34.5 Å². The Morgan fingerprint density at radius 1 is 1.40 bits per heavy atom. The second-order valence-electron chi connectivity index (χ2n) is 5.66. The summed E-state index contributed by atoms with van der Waals surface area (Å²) in [5, 5.41) is 6.44. The Bertz CT molecular complexity index is 910. The highest BCUT2D eigenvalue weighted by atomic mass is 35.5. The number of anilines is 1. The van der Waals surface area contributed by atoms with Gasteiger partial charge in [-0.05, 0) is 29.6 Å². The Balaban J connectivity index is 1.55. The van der Waals surface area contributed by atoms with Crippen LogP contribution in [0.2, 0.25) is 5.02 Å². The highest BCUT2D eigenvalue weighted by molar-refractivity contribution is 7.13. The minimum Gasteiger partial charge on any atom is -0.495 e. The van der Waals surface area contributed by atoms with E-state index in [4.69, 9.17) is 20.9 Å². The molecule has 1 aromatic carbocycles. The van der Waals surface area contributed by atoms with Crippen LogP contribution in [0.4, 0.5) is 5.69 Å². The summed E-state index contributed by atoms with van der Waals surface area (Å²) in [5.41, 5.74) is 0.733. The first-order chi connectivity index (χ1) is 12.2. The van der Waals surface area contributed by atoms with Gasteiger partial charge in [0.15, 0.2) is 0 Å². The summed E-state index contributed by atoms with van der Waals surface area (Å²) in [7, 11) is 1.55. The third kappa shape index (κ3) is 3.01. The number of ether oxygens (including phenoxy) is 1. The minimum atomic E-state index is -0.130. The average molecular weight is 376 g/mol. The molecule has 2 aromatic heterocycles. The quantitative estimate of drug-likeness (QED) is 0.689. The lowest BCUT2D eigenvalue weighted by molar-refractivity contribution is -0.117. The van der Waals surface area contributed by atoms with Gasteiger partial charge in [-0.3, -0.25) is 4.79 Å². The van der Waals surface area contributed by atoms with Crippen molar-refractivity contribution in [3.63, 3.8) is 0 Å². The van der Waals surface area contributed by atoms with E-state index in [1.165, 1.54) is 0 Å². The summed E-state index contributed by atoms with van der Waals surface area (Å²) in [4.78, 5) is 19.5. The molecular weight excluding hydrogens is 362 g/mol. The number of thiophene rings is 1. The molecule has 0 radical (unpaired) electrons. The van der Waals surface area contributed by atoms with Gasteiger partial charge in [-0.25, -0.2) is 0 Å². The van der Waals surface area contributed by atoms with E-state index in [9.17, 15) is 4.79 Å². The van der Waals surface area contributed by atoms with Crippen molar-refractivity contribution in [2.24, 2.45) is 0 Å². The van der Waals surface area contributed by atoms with Crippen molar-refractivity contribution in [1.82, 2.24) is 10.1 Å². The van der Waals surface area contributed by atoms with Gasteiger partial charge in [-0.1, -0.05) is 22.8 Å². The molecular formula is C17H14ClN3O3S. The molecule has 3 aromatic rings. The zero-order valence-electron chi connectivity index (χ0n) is 13.3. The Kier molecular flexibility index (Phi) is 4.19. The van der Waals surface area contributed by atoms with Crippen LogP contribution in [-0.2, 0) is 4.79 Å². The van der Waals surface area contributed by atoms with Crippen LogP contribution < -0.4 is 9.64 Å². The number of methoxy groups -OCH3 is 1. The van der Waals surface area contributed by atoms with Crippen molar-refractivity contribution < 1.29 is 14.1 Å². The summed E-state index contributed by atoms with van der Waals surface area (Å²) < 4.78 is 10.5. The molecule has 3 heterocycles. The van der Waals surface area contributed by atoms with Gasteiger partial charge in [0.2, 0.25) is 17.6 Å². The number of benzene rings is 1. The molecule has 4 rings (SSSR count). The first kappa shape index (κ1) is 16.1. The predicted octanol–water partition coefficient (Wildman–Crippen LogP) is 3.98. The van der Waals surface area contributed by atoms with Crippen molar-refractivity contribution in [3.8, 4) is 16.5 Å². The first-order valence-corrected chi connectivity index (χ1v) is 8.93. The number of carbonyl (C=O) groups excluding carboxylic acids is 1. The molecule has 1 aliphatic heterocycles. The van der Waals surface area contributed by atoms with Crippen LogP contribution in [0, 0.1) is 0 Å². The van der Waals surface area contributed by atoms with Crippen molar-refractivity contribution in [2.75, 3.05) is 18.6 Å². The number of aromatic nitrogens is 2. The maximum absolute atomic E-state index is 12.4. The van der Waals surface area contributed by atoms with E-state index in [0.717, 1.165) is 10.6 Å². The summed E-state index contributed by atoms with van der Waals surface area (Å²) in [6.45, 7) is 0.480. The molecule has 0 spiro atoms. The third-order valence-electron chi connectivity index (χ3n) is 4.10. The number of amides is 1. The molecule has 0 unspecified atom stereocenters. The van der Waals surface area contributed by atoms with Gasteiger partial charge >= 0.3 is 0 Å². The van der Waals surface area contributed by atoms with E-state index in [2.05, 4.69) is 10.1 Å². The van der Waals surface area contributed by atoms with Crippen LogP contribution in [0.1, 0.15) is 18.2 Å². The van der Waals surface area contributed by atoms with E-state index in [1.54, 1.807) is 35.5 Å². The average Bonchev–Trinajstić information content (AvgIpc) is 3.34. The fraction of sp³-hybridized carbons (Fsp3) is 0.235. The fourth-order valence-electron chi connectivity index (χ4n) is 2.85.